The molecule has 1 amide bonds. The number of methoxy groups -OCH3 is 2. The number of nitrogens with one attached hydrogen (secondary N) is 3. The Morgan fingerprint density at radius 3 is 2.44 bits per heavy atom. The fraction of sp³-hybridized carbons (Fsp3) is 0.150. The van der Waals surface area contributed by atoms with Gasteiger partial charge in [0.1, 0.15) is 11.5 Å². The second-order valence-corrected chi connectivity index (χ2v) is 6.53. The lowest BCUT2D eigenvalue weighted by atomic mass is 10.2. The van der Waals surface area contributed by atoms with Crippen molar-refractivity contribution in [1.82, 2.24) is 9.97 Å². The summed E-state index contributed by atoms with van der Waals surface area (Å²) in [5, 5.41) is 7.68. The van der Waals surface area contributed by atoms with E-state index in [1.165, 1.54) is 32.4 Å². The number of hydrogen-bond acceptors (Lipinski definition) is 8. The minimum Gasteiger partial charge on any atom is -0.497 e. The SMILES string of the molecule is COc1cc(Nc2ncc(F)c(Nc3ccc4c(c3)NC(=O)C(F)(F)O4)n2)cc(OC)c1. The first-order chi connectivity index (χ1) is 15.3. The van der Waals surface area contributed by atoms with E-state index in [0.717, 1.165) is 6.20 Å². The summed E-state index contributed by atoms with van der Waals surface area (Å²) in [6.07, 6.45) is -3.01. The minimum atomic E-state index is -3.97. The van der Waals surface area contributed by atoms with Gasteiger partial charge in [-0.1, -0.05) is 0 Å². The molecule has 1 aromatic heterocycles. The van der Waals surface area contributed by atoms with Gasteiger partial charge < -0.3 is 30.2 Å². The lowest BCUT2D eigenvalue weighted by Crippen LogP contribution is -2.43. The van der Waals surface area contributed by atoms with E-state index in [4.69, 9.17) is 9.47 Å². The highest BCUT2D eigenvalue weighted by atomic mass is 19.3. The van der Waals surface area contributed by atoms with E-state index in [2.05, 4.69) is 25.3 Å². The number of fused-ring (bicyclic) bond motifs is 1. The van der Waals surface area contributed by atoms with Crippen molar-refractivity contribution >= 4 is 34.7 Å². The molecule has 3 aromatic rings. The predicted molar refractivity (Wildman–Crippen MR) is 109 cm³/mol. The standard InChI is InChI=1S/C20H16F3N5O4/c1-30-12-5-11(6-13(8-12)31-2)26-19-24-9-14(21)17(28-19)25-10-3-4-16-15(7-10)27-18(29)20(22,23)32-16/h3-9H,1-2H3,(H,27,29)(H2,24,25,26,28). The molecule has 1 aliphatic rings. The Morgan fingerprint density at radius 1 is 1.03 bits per heavy atom. The summed E-state index contributed by atoms with van der Waals surface area (Å²) in [6, 6.07) is 8.91. The van der Waals surface area contributed by atoms with Crippen LogP contribution in [0.2, 0.25) is 0 Å². The van der Waals surface area contributed by atoms with Crippen LogP contribution in [0, 0.1) is 5.82 Å². The van der Waals surface area contributed by atoms with E-state index >= 15 is 0 Å². The largest absolute Gasteiger partial charge is 0.497 e. The van der Waals surface area contributed by atoms with Crippen LogP contribution in [0.1, 0.15) is 0 Å². The van der Waals surface area contributed by atoms with E-state index < -0.39 is 17.8 Å². The Kier molecular flexibility index (Phi) is 5.34. The van der Waals surface area contributed by atoms with Gasteiger partial charge >= 0.3 is 12.0 Å². The number of benzene rings is 2. The van der Waals surface area contributed by atoms with Gasteiger partial charge in [0.15, 0.2) is 17.4 Å². The lowest BCUT2D eigenvalue weighted by Gasteiger charge is -2.25. The second kappa shape index (κ2) is 8.13. The first kappa shape index (κ1) is 21.0. The number of amides is 1. The van der Waals surface area contributed by atoms with Gasteiger partial charge in [-0.25, -0.2) is 9.37 Å². The van der Waals surface area contributed by atoms with Gasteiger partial charge in [0.25, 0.3) is 0 Å². The second-order valence-electron chi connectivity index (χ2n) is 6.53. The molecule has 9 nitrogen and oxygen atoms in total. The number of rotatable bonds is 6. The Bertz CT molecular complexity index is 1170. The molecule has 2 heterocycles. The van der Waals surface area contributed by atoms with Crippen LogP contribution in [0.15, 0.2) is 42.6 Å². The third-order valence-corrected chi connectivity index (χ3v) is 4.34. The molecule has 166 valence electrons. The van der Waals surface area contributed by atoms with Gasteiger partial charge in [-0.2, -0.15) is 13.8 Å². The number of hydrogen-bond donors (Lipinski definition) is 3. The molecule has 0 bridgehead atoms. The number of anilines is 5. The van der Waals surface area contributed by atoms with E-state index in [1.54, 1.807) is 18.2 Å². The molecule has 3 N–H and O–H groups in total. The number of ether oxygens (including phenoxy) is 3. The normalized spacial score (nSPS) is 14.0. The zero-order chi connectivity index (χ0) is 22.9. The first-order valence-electron chi connectivity index (χ1n) is 9.09. The van der Waals surface area contributed by atoms with Crippen molar-refractivity contribution < 1.29 is 32.2 Å². The lowest BCUT2D eigenvalue weighted by molar-refractivity contribution is -0.189. The number of carbonyl (C=O) groups is 1. The van der Waals surface area contributed by atoms with Gasteiger partial charge in [0.05, 0.1) is 26.1 Å². The Hall–Kier alpha value is -4.22. The summed E-state index contributed by atoms with van der Waals surface area (Å²) >= 11 is 0. The monoisotopic (exact) mass is 447 g/mol. The molecule has 0 saturated carbocycles. The molecule has 0 fully saturated rings. The van der Waals surface area contributed by atoms with Crippen LogP contribution in [0.5, 0.6) is 17.2 Å². The van der Waals surface area contributed by atoms with Gasteiger partial charge in [0.2, 0.25) is 5.95 Å². The third-order valence-electron chi connectivity index (χ3n) is 4.34. The van der Waals surface area contributed by atoms with Gasteiger partial charge in [-0.3, -0.25) is 4.79 Å². The number of halogens is 3. The van der Waals surface area contributed by atoms with Gasteiger partial charge in [0, 0.05) is 29.6 Å². The number of nitrogens with zero attached hydrogens (tertiary/aromatic N) is 2. The quantitative estimate of drug-likeness (QED) is 0.520. The molecular weight excluding hydrogens is 431 g/mol. The Labute approximate surface area is 179 Å². The molecule has 0 unspecified atom stereocenters. The average Bonchev–Trinajstić information content (AvgIpc) is 2.76. The van der Waals surface area contributed by atoms with Crippen LogP contribution in [0.3, 0.4) is 0 Å². The van der Waals surface area contributed by atoms with Gasteiger partial charge in [-0.15, -0.1) is 0 Å². The maximum Gasteiger partial charge on any atom is 0.482 e. The van der Waals surface area contributed by atoms with Crippen LogP contribution in [-0.2, 0) is 4.79 Å². The molecule has 0 saturated heterocycles. The van der Waals surface area contributed by atoms with E-state index in [-0.39, 0.29) is 28.9 Å². The molecule has 1 aliphatic heterocycles. The summed E-state index contributed by atoms with van der Waals surface area (Å²) in [6.45, 7) is 0. The fourth-order valence-corrected chi connectivity index (χ4v) is 2.83. The Morgan fingerprint density at radius 2 is 1.75 bits per heavy atom. The van der Waals surface area contributed by atoms with Crippen LogP contribution < -0.4 is 30.2 Å². The summed E-state index contributed by atoms with van der Waals surface area (Å²) in [4.78, 5) is 19.4. The van der Waals surface area contributed by atoms with E-state index in [9.17, 15) is 18.0 Å². The molecule has 2 aromatic carbocycles. The van der Waals surface area contributed by atoms with E-state index in [1.807, 2.05) is 5.32 Å². The molecule has 0 aliphatic carbocycles. The first-order valence-corrected chi connectivity index (χ1v) is 9.09. The van der Waals surface area contributed by atoms with Crippen molar-refractivity contribution in [1.29, 1.82) is 0 Å². The number of alkyl halides is 2. The van der Waals surface area contributed by atoms with Crippen LogP contribution in [-0.4, -0.2) is 36.2 Å². The van der Waals surface area contributed by atoms with Crippen LogP contribution in [0.25, 0.3) is 0 Å². The van der Waals surface area contributed by atoms with Crippen molar-refractivity contribution in [3.8, 4) is 17.2 Å². The van der Waals surface area contributed by atoms with Crippen molar-refractivity contribution in [3.05, 3.63) is 48.4 Å². The Balaban J connectivity index is 1.57. The molecule has 0 spiro atoms. The molecule has 0 atom stereocenters. The smallest absolute Gasteiger partial charge is 0.482 e. The van der Waals surface area contributed by atoms with Gasteiger partial charge in [-0.05, 0) is 18.2 Å². The topological polar surface area (TPSA) is 107 Å². The highest BCUT2D eigenvalue weighted by Crippen LogP contribution is 2.37. The predicted octanol–water partition coefficient (Wildman–Crippen LogP) is 4.04. The molecule has 32 heavy (non-hydrogen) atoms. The molecule has 0 radical (unpaired) electrons. The molecule has 4 rings (SSSR count). The van der Waals surface area contributed by atoms with E-state index in [0.29, 0.717) is 17.2 Å². The fourth-order valence-electron chi connectivity index (χ4n) is 2.83. The van der Waals surface area contributed by atoms with Crippen LogP contribution in [0.4, 0.5) is 42.0 Å². The summed E-state index contributed by atoms with van der Waals surface area (Å²) < 4.78 is 55.8. The minimum absolute atomic E-state index is 0.00205. The van der Waals surface area contributed by atoms with Crippen molar-refractivity contribution in [2.24, 2.45) is 0 Å². The number of carbonyl (C=O) groups excluding carboxylic acids is 1. The van der Waals surface area contributed by atoms with Crippen molar-refractivity contribution in [3.63, 3.8) is 0 Å². The molecule has 12 heteroatoms. The third kappa shape index (κ3) is 4.29. The van der Waals surface area contributed by atoms with Crippen LogP contribution >= 0.6 is 0 Å². The highest BCUT2D eigenvalue weighted by Gasteiger charge is 2.46. The highest BCUT2D eigenvalue weighted by molar-refractivity contribution is 5.99. The zero-order valence-corrected chi connectivity index (χ0v) is 16.7. The maximum absolute atomic E-state index is 14.3. The molecular formula is C20H16F3N5O4. The van der Waals surface area contributed by atoms with Crippen molar-refractivity contribution in [2.75, 3.05) is 30.2 Å². The summed E-state index contributed by atoms with van der Waals surface area (Å²) in [5.74, 6) is -1.66. The summed E-state index contributed by atoms with van der Waals surface area (Å²) in [7, 11) is 3.00. The van der Waals surface area contributed by atoms with Crippen molar-refractivity contribution in [2.45, 2.75) is 6.11 Å². The zero-order valence-electron chi connectivity index (χ0n) is 16.7. The number of aromatic nitrogens is 2. The average molecular weight is 447 g/mol. The maximum atomic E-state index is 14.3. The summed E-state index contributed by atoms with van der Waals surface area (Å²) in [5.41, 5.74) is 0.806.